The molecule has 0 aromatic heterocycles. The maximum absolute atomic E-state index is 12.9. The summed E-state index contributed by atoms with van der Waals surface area (Å²) in [5.74, 6) is 0.552. The van der Waals surface area contributed by atoms with Crippen LogP contribution in [0, 0.1) is 0 Å². The minimum Gasteiger partial charge on any atom is -0.497 e. The number of rotatable bonds is 5. The zero-order valence-electron chi connectivity index (χ0n) is 15.6. The molecule has 28 heavy (non-hydrogen) atoms. The number of amides is 2. The molecule has 1 unspecified atom stereocenters. The van der Waals surface area contributed by atoms with Gasteiger partial charge in [0, 0.05) is 0 Å². The Kier molecular flexibility index (Phi) is 4.98. The van der Waals surface area contributed by atoms with Gasteiger partial charge in [0.1, 0.15) is 12.4 Å². The van der Waals surface area contributed by atoms with Gasteiger partial charge in [-0.15, -0.1) is 0 Å². The van der Waals surface area contributed by atoms with Gasteiger partial charge in [-0.3, -0.25) is 4.79 Å². The molecular weight excluding hydrogens is 354 g/mol. The third-order valence-corrected chi connectivity index (χ3v) is 5.01. The van der Waals surface area contributed by atoms with E-state index in [0.29, 0.717) is 6.42 Å². The summed E-state index contributed by atoms with van der Waals surface area (Å²) in [5, 5.41) is 2.06. The second kappa shape index (κ2) is 7.72. The summed E-state index contributed by atoms with van der Waals surface area (Å²) in [5.41, 5.74) is 1.93. The van der Waals surface area contributed by atoms with E-state index < -0.39 is 6.09 Å². The molecule has 142 valence electrons. The Labute approximate surface area is 163 Å². The molecule has 0 radical (unpaired) electrons. The minimum atomic E-state index is -0.559. The standard InChI is InChI=1S/C23H21NO4/c1-27-21-10-9-18-11-17(7-8-19(18)14-21)13-22(25)24-20(15-28-23(24)26)12-16-5-3-2-4-6-16/h2-11,14,20H,12-13,15H2,1H3. The molecule has 3 aromatic rings. The number of carbonyl (C=O) groups is 2. The Bertz CT molecular complexity index is 1020. The van der Waals surface area contributed by atoms with E-state index in [2.05, 4.69) is 0 Å². The van der Waals surface area contributed by atoms with Crippen molar-refractivity contribution in [2.45, 2.75) is 18.9 Å². The molecule has 5 nitrogen and oxygen atoms in total. The fourth-order valence-electron chi connectivity index (χ4n) is 3.57. The minimum absolute atomic E-state index is 0.155. The van der Waals surface area contributed by atoms with Crippen molar-refractivity contribution in [2.75, 3.05) is 13.7 Å². The van der Waals surface area contributed by atoms with Crippen LogP contribution >= 0.6 is 0 Å². The summed E-state index contributed by atoms with van der Waals surface area (Å²) in [7, 11) is 1.63. The van der Waals surface area contributed by atoms with Gasteiger partial charge in [0.15, 0.2) is 0 Å². The van der Waals surface area contributed by atoms with Crippen molar-refractivity contribution in [3.8, 4) is 5.75 Å². The third kappa shape index (κ3) is 3.69. The van der Waals surface area contributed by atoms with E-state index in [1.807, 2.05) is 66.7 Å². The van der Waals surface area contributed by atoms with Gasteiger partial charge in [0.2, 0.25) is 5.91 Å². The Morgan fingerprint density at radius 1 is 1.04 bits per heavy atom. The van der Waals surface area contributed by atoms with Crippen LogP contribution < -0.4 is 4.74 Å². The van der Waals surface area contributed by atoms with Crippen molar-refractivity contribution >= 4 is 22.8 Å². The van der Waals surface area contributed by atoms with Gasteiger partial charge < -0.3 is 9.47 Å². The fourth-order valence-corrected chi connectivity index (χ4v) is 3.57. The van der Waals surface area contributed by atoms with Crippen LogP contribution in [-0.4, -0.2) is 36.7 Å². The maximum Gasteiger partial charge on any atom is 0.416 e. The number of nitrogens with zero attached hydrogens (tertiary/aromatic N) is 1. The second-order valence-corrected chi connectivity index (χ2v) is 6.91. The van der Waals surface area contributed by atoms with E-state index in [0.717, 1.165) is 27.6 Å². The highest BCUT2D eigenvalue weighted by Crippen LogP contribution is 2.23. The number of methoxy groups -OCH3 is 1. The topological polar surface area (TPSA) is 55.8 Å². The molecule has 3 aromatic carbocycles. The Hall–Kier alpha value is -3.34. The van der Waals surface area contributed by atoms with Gasteiger partial charge in [-0.2, -0.15) is 0 Å². The lowest BCUT2D eigenvalue weighted by molar-refractivity contribution is -0.128. The predicted molar refractivity (Wildman–Crippen MR) is 106 cm³/mol. The number of cyclic esters (lactones) is 1. The fraction of sp³-hybridized carbons (Fsp3) is 0.217. The van der Waals surface area contributed by atoms with Gasteiger partial charge >= 0.3 is 6.09 Å². The third-order valence-electron chi connectivity index (χ3n) is 5.01. The summed E-state index contributed by atoms with van der Waals surface area (Å²) in [6, 6.07) is 21.2. The van der Waals surface area contributed by atoms with Crippen molar-refractivity contribution in [3.63, 3.8) is 0 Å². The molecule has 0 bridgehead atoms. The number of fused-ring (bicyclic) bond motifs is 1. The number of imide groups is 1. The zero-order chi connectivity index (χ0) is 19.5. The SMILES string of the molecule is COc1ccc2cc(CC(=O)N3C(=O)OCC3Cc3ccccc3)ccc2c1. The van der Waals surface area contributed by atoms with Crippen molar-refractivity contribution in [2.24, 2.45) is 0 Å². The van der Waals surface area contributed by atoms with E-state index in [9.17, 15) is 9.59 Å². The molecule has 0 spiro atoms. The molecule has 2 amide bonds. The molecule has 4 rings (SSSR count). The Balaban J connectivity index is 1.51. The molecule has 1 aliphatic heterocycles. The molecule has 0 aliphatic carbocycles. The van der Waals surface area contributed by atoms with Crippen molar-refractivity contribution in [1.82, 2.24) is 4.90 Å². The van der Waals surface area contributed by atoms with E-state index in [1.165, 1.54) is 4.90 Å². The highest BCUT2D eigenvalue weighted by atomic mass is 16.6. The predicted octanol–water partition coefficient (Wildman–Crippen LogP) is 3.98. The van der Waals surface area contributed by atoms with Crippen LogP contribution in [0.1, 0.15) is 11.1 Å². The van der Waals surface area contributed by atoms with E-state index >= 15 is 0 Å². The number of hydrogen-bond donors (Lipinski definition) is 0. The smallest absolute Gasteiger partial charge is 0.416 e. The highest BCUT2D eigenvalue weighted by molar-refractivity contribution is 5.95. The van der Waals surface area contributed by atoms with E-state index in [-0.39, 0.29) is 25.0 Å². The molecule has 1 aliphatic rings. The van der Waals surface area contributed by atoms with Crippen LogP contribution in [-0.2, 0) is 22.4 Å². The molecule has 1 fully saturated rings. The first-order chi connectivity index (χ1) is 13.6. The van der Waals surface area contributed by atoms with Gasteiger partial charge in [0.25, 0.3) is 0 Å². The summed E-state index contributed by atoms with van der Waals surface area (Å²) in [6.45, 7) is 0.233. The molecule has 1 saturated heterocycles. The average molecular weight is 375 g/mol. The zero-order valence-corrected chi connectivity index (χ0v) is 15.6. The molecule has 5 heteroatoms. The van der Waals surface area contributed by atoms with E-state index in [4.69, 9.17) is 9.47 Å². The normalized spacial score (nSPS) is 16.2. The van der Waals surface area contributed by atoms with Crippen LogP contribution in [0.2, 0.25) is 0 Å². The molecule has 0 N–H and O–H groups in total. The molecule has 1 heterocycles. The molecular formula is C23H21NO4. The summed E-state index contributed by atoms with van der Waals surface area (Å²) < 4.78 is 10.4. The van der Waals surface area contributed by atoms with Gasteiger partial charge in [-0.25, -0.2) is 9.69 Å². The lowest BCUT2D eigenvalue weighted by Crippen LogP contribution is -2.41. The van der Waals surface area contributed by atoms with Crippen LogP contribution in [0.15, 0.2) is 66.7 Å². The Morgan fingerprint density at radius 3 is 2.57 bits per heavy atom. The first-order valence-electron chi connectivity index (χ1n) is 9.23. The van der Waals surface area contributed by atoms with Crippen LogP contribution in [0.25, 0.3) is 10.8 Å². The highest BCUT2D eigenvalue weighted by Gasteiger charge is 2.37. The van der Waals surface area contributed by atoms with Crippen molar-refractivity contribution in [1.29, 1.82) is 0 Å². The molecule has 0 saturated carbocycles. The summed E-state index contributed by atoms with van der Waals surface area (Å²) >= 11 is 0. The first kappa shape index (κ1) is 18.0. The van der Waals surface area contributed by atoms with Gasteiger partial charge in [-0.05, 0) is 40.5 Å². The van der Waals surface area contributed by atoms with Crippen molar-refractivity contribution in [3.05, 3.63) is 77.9 Å². The lowest BCUT2D eigenvalue weighted by Gasteiger charge is -2.20. The average Bonchev–Trinajstić information content (AvgIpc) is 3.08. The monoisotopic (exact) mass is 375 g/mol. The quantitative estimate of drug-likeness (QED) is 0.677. The number of carbonyl (C=O) groups excluding carboxylic acids is 2. The van der Waals surface area contributed by atoms with Crippen LogP contribution in [0.3, 0.4) is 0 Å². The summed E-state index contributed by atoms with van der Waals surface area (Å²) in [4.78, 5) is 26.3. The number of ether oxygens (including phenoxy) is 2. The first-order valence-corrected chi connectivity index (χ1v) is 9.23. The van der Waals surface area contributed by atoms with Crippen LogP contribution in [0.5, 0.6) is 5.75 Å². The van der Waals surface area contributed by atoms with E-state index in [1.54, 1.807) is 7.11 Å². The van der Waals surface area contributed by atoms with Crippen LogP contribution in [0.4, 0.5) is 4.79 Å². The second-order valence-electron chi connectivity index (χ2n) is 6.91. The summed E-state index contributed by atoms with van der Waals surface area (Å²) in [6.07, 6.45) is 0.189. The Morgan fingerprint density at radius 2 is 1.79 bits per heavy atom. The van der Waals surface area contributed by atoms with Crippen molar-refractivity contribution < 1.29 is 19.1 Å². The lowest BCUT2D eigenvalue weighted by atomic mass is 10.0. The van der Waals surface area contributed by atoms with Gasteiger partial charge in [-0.1, -0.05) is 54.6 Å². The number of hydrogen-bond acceptors (Lipinski definition) is 4. The van der Waals surface area contributed by atoms with Gasteiger partial charge in [0.05, 0.1) is 19.6 Å². The molecule has 1 atom stereocenters. The maximum atomic E-state index is 12.9. The largest absolute Gasteiger partial charge is 0.497 e. The number of benzene rings is 3.